The Morgan fingerprint density at radius 2 is 0.931 bits per heavy atom. The summed E-state index contributed by atoms with van der Waals surface area (Å²) < 4.78 is 17.2. The normalized spacial score (nSPS) is 13.2. The summed E-state index contributed by atoms with van der Waals surface area (Å²) in [5.41, 5.74) is 0. The highest BCUT2D eigenvalue weighted by Crippen LogP contribution is 2.15. The number of carbonyl (C=O) groups is 3. The van der Waals surface area contributed by atoms with E-state index in [1.165, 1.54) is 122 Å². The number of carbonyl (C=O) groups excluding carboxylic acids is 3. The van der Waals surface area contributed by atoms with Crippen LogP contribution >= 0.6 is 0 Å². The van der Waals surface area contributed by atoms with Gasteiger partial charge >= 0.3 is 11.9 Å². The minimum atomic E-state index is -1.13. The second kappa shape index (κ2) is 41.3. The van der Waals surface area contributed by atoms with Crippen molar-refractivity contribution >= 4 is 17.9 Å². The van der Waals surface area contributed by atoms with Crippen molar-refractivity contribution in [2.75, 3.05) is 41.0 Å². The van der Waals surface area contributed by atoms with E-state index in [9.17, 15) is 19.5 Å². The van der Waals surface area contributed by atoms with Gasteiger partial charge in [-0.05, 0) is 64.2 Å². The minimum absolute atomic E-state index is 0.0388. The van der Waals surface area contributed by atoms with E-state index in [1.807, 2.05) is 0 Å². The van der Waals surface area contributed by atoms with Crippen molar-refractivity contribution in [3.05, 3.63) is 36.5 Å². The number of esters is 2. The smallest absolute Gasteiger partial charge is 0.306 e. The zero-order valence-electron chi connectivity index (χ0n) is 38.5. The molecule has 0 aromatic carbocycles. The third-order valence-corrected chi connectivity index (χ3v) is 10.7. The predicted octanol–water partition coefficient (Wildman–Crippen LogP) is 12.1. The third kappa shape index (κ3) is 39.0. The second-order valence-corrected chi connectivity index (χ2v) is 17.3. The zero-order chi connectivity index (χ0) is 42.8. The van der Waals surface area contributed by atoms with Crippen LogP contribution in [-0.4, -0.2) is 75.5 Å². The monoisotopic (exact) mass is 818 g/mol. The summed E-state index contributed by atoms with van der Waals surface area (Å²) in [7, 11) is 5.41. The fourth-order valence-electron chi connectivity index (χ4n) is 6.96. The molecule has 0 heterocycles. The van der Waals surface area contributed by atoms with Crippen molar-refractivity contribution in [3.8, 4) is 0 Å². The molecular weight excluding hydrogens is 727 g/mol. The number of carboxylic acid groups (broad SMARTS) is 1. The number of rotatable bonds is 43. The van der Waals surface area contributed by atoms with Crippen molar-refractivity contribution in [2.45, 2.75) is 225 Å². The molecule has 0 spiro atoms. The van der Waals surface area contributed by atoms with Crippen LogP contribution in [0.4, 0.5) is 0 Å². The molecule has 0 aliphatic carbocycles. The molecule has 0 aliphatic heterocycles. The van der Waals surface area contributed by atoms with Gasteiger partial charge in [-0.25, -0.2) is 0 Å². The fourth-order valence-corrected chi connectivity index (χ4v) is 6.96. The van der Waals surface area contributed by atoms with Gasteiger partial charge in [-0.1, -0.05) is 166 Å². The number of ether oxygens (including phenoxy) is 3. The molecule has 0 fully saturated rings. The van der Waals surface area contributed by atoms with Crippen LogP contribution in [0.15, 0.2) is 36.5 Å². The average Bonchev–Trinajstić information content (AvgIpc) is 3.18. The summed E-state index contributed by atoms with van der Waals surface area (Å²) in [6.07, 6.45) is 47.5. The number of likely N-dealkylation sites (N-methyl/N-ethyl adjacent to an activating group) is 1. The number of hydrogen-bond donors (Lipinski definition) is 0. The molecule has 8 nitrogen and oxygen atoms in total. The number of carboxylic acids is 1. The Labute approximate surface area is 357 Å². The Morgan fingerprint density at radius 1 is 0.517 bits per heavy atom. The number of quaternary nitrogens is 1. The predicted molar refractivity (Wildman–Crippen MR) is 240 cm³/mol. The maximum absolute atomic E-state index is 12.7. The van der Waals surface area contributed by atoms with Crippen LogP contribution in [0.5, 0.6) is 0 Å². The third-order valence-electron chi connectivity index (χ3n) is 10.7. The van der Waals surface area contributed by atoms with E-state index in [2.05, 4.69) is 50.3 Å². The first-order valence-electron chi connectivity index (χ1n) is 24.0. The quantitative estimate of drug-likeness (QED) is 0.0261. The van der Waals surface area contributed by atoms with Crippen molar-refractivity contribution in [2.24, 2.45) is 0 Å². The Morgan fingerprint density at radius 3 is 1.40 bits per heavy atom. The van der Waals surface area contributed by atoms with Crippen LogP contribution < -0.4 is 5.11 Å². The molecule has 0 aromatic rings. The molecule has 0 saturated heterocycles. The number of hydrogen-bond acceptors (Lipinski definition) is 7. The van der Waals surface area contributed by atoms with Gasteiger partial charge in [-0.3, -0.25) is 9.59 Å². The minimum Gasteiger partial charge on any atom is -0.544 e. The summed E-state index contributed by atoms with van der Waals surface area (Å²) in [5.74, 6) is -1.74. The summed E-state index contributed by atoms with van der Waals surface area (Å²) in [4.78, 5) is 36.9. The summed E-state index contributed by atoms with van der Waals surface area (Å²) >= 11 is 0. The first-order chi connectivity index (χ1) is 28.1. The Hall–Kier alpha value is -2.45. The molecule has 0 N–H and O–H groups in total. The molecule has 0 aliphatic rings. The SMILES string of the molecule is CCCC/C=C\CCCCCCCC(=O)OCC(COCCC(C(=O)[O-])[N+](C)(C)C)OC(=O)CCCCCCCCCCCCC/C=C\C/C=C\CCCCCCC. The lowest BCUT2D eigenvalue weighted by Gasteiger charge is -2.34. The molecule has 0 radical (unpaired) electrons. The highest BCUT2D eigenvalue weighted by Gasteiger charge is 2.25. The first-order valence-corrected chi connectivity index (χ1v) is 24.0. The number of nitrogens with zero attached hydrogens (tertiary/aromatic N) is 1. The van der Waals surface area contributed by atoms with Gasteiger partial charge in [-0.15, -0.1) is 0 Å². The lowest BCUT2D eigenvalue weighted by molar-refractivity contribution is -0.889. The van der Waals surface area contributed by atoms with E-state index in [1.54, 1.807) is 21.1 Å². The molecule has 0 rings (SSSR count). The van der Waals surface area contributed by atoms with Gasteiger partial charge in [0.15, 0.2) is 6.10 Å². The fraction of sp³-hybridized carbons (Fsp3) is 0.820. The van der Waals surface area contributed by atoms with Gasteiger partial charge in [0, 0.05) is 19.3 Å². The molecule has 8 heteroatoms. The molecule has 58 heavy (non-hydrogen) atoms. The van der Waals surface area contributed by atoms with Gasteiger partial charge in [0.2, 0.25) is 0 Å². The van der Waals surface area contributed by atoms with Crippen molar-refractivity contribution in [1.82, 2.24) is 0 Å². The van der Waals surface area contributed by atoms with Gasteiger partial charge < -0.3 is 28.6 Å². The maximum Gasteiger partial charge on any atom is 0.306 e. The van der Waals surface area contributed by atoms with Crippen LogP contribution in [0.2, 0.25) is 0 Å². The standard InChI is InChI=1S/C50H91NO7/c1-6-8-10-12-14-16-18-19-20-21-22-23-24-25-26-27-28-29-31-33-35-37-39-41-49(53)58-46(44-56-43-42-47(50(54)55)51(3,4)5)45-57-48(52)40-38-36-34-32-30-17-15-13-11-9-7-2/h13,15,18-19,21-22,46-47H,6-12,14,16-17,20,23-45H2,1-5H3/b15-13-,19-18-,22-21-. The van der Waals surface area contributed by atoms with E-state index in [-0.39, 0.29) is 42.7 Å². The lowest BCUT2D eigenvalue weighted by atomic mass is 10.0. The van der Waals surface area contributed by atoms with Gasteiger partial charge in [0.1, 0.15) is 12.6 Å². The Bertz CT molecular complexity index is 1050. The average molecular weight is 818 g/mol. The van der Waals surface area contributed by atoms with Gasteiger partial charge in [0.25, 0.3) is 0 Å². The maximum atomic E-state index is 12.7. The van der Waals surface area contributed by atoms with E-state index in [4.69, 9.17) is 14.2 Å². The summed E-state index contributed by atoms with van der Waals surface area (Å²) in [6, 6.07) is -0.726. The van der Waals surface area contributed by atoms with Crippen LogP contribution in [0, 0.1) is 0 Å². The topological polar surface area (TPSA) is 102 Å². The molecule has 0 amide bonds. The zero-order valence-corrected chi connectivity index (χ0v) is 38.5. The number of unbranched alkanes of at least 4 members (excludes halogenated alkanes) is 23. The van der Waals surface area contributed by atoms with E-state index >= 15 is 0 Å². The molecule has 0 aromatic heterocycles. The number of allylic oxidation sites excluding steroid dienone is 6. The molecule has 0 bridgehead atoms. The molecule has 338 valence electrons. The molecule has 0 saturated carbocycles. The Kier molecular flexibility index (Phi) is 39.5. The van der Waals surface area contributed by atoms with Crippen LogP contribution in [0.3, 0.4) is 0 Å². The highest BCUT2D eigenvalue weighted by molar-refractivity contribution is 5.70. The van der Waals surface area contributed by atoms with Crippen molar-refractivity contribution in [1.29, 1.82) is 0 Å². The largest absolute Gasteiger partial charge is 0.544 e. The Balaban J connectivity index is 4.21. The van der Waals surface area contributed by atoms with Gasteiger partial charge in [-0.2, -0.15) is 0 Å². The van der Waals surface area contributed by atoms with E-state index in [0.717, 1.165) is 57.8 Å². The second-order valence-electron chi connectivity index (χ2n) is 17.3. The summed E-state index contributed by atoms with van der Waals surface area (Å²) in [5, 5.41) is 11.6. The van der Waals surface area contributed by atoms with E-state index in [0.29, 0.717) is 12.8 Å². The van der Waals surface area contributed by atoms with Crippen molar-refractivity contribution < 1.29 is 38.2 Å². The summed E-state index contributed by atoms with van der Waals surface area (Å²) in [6.45, 7) is 4.61. The lowest BCUT2D eigenvalue weighted by Crippen LogP contribution is -2.55. The number of aliphatic carboxylic acids is 1. The van der Waals surface area contributed by atoms with Crippen molar-refractivity contribution in [3.63, 3.8) is 0 Å². The molecular formula is C50H91NO7. The van der Waals surface area contributed by atoms with Crippen LogP contribution in [-0.2, 0) is 28.6 Å². The molecule has 2 atom stereocenters. The van der Waals surface area contributed by atoms with Gasteiger partial charge in [0.05, 0.1) is 40.3 Å². The molecule has 2 unspecified atom stereocenters. The highest BCUT2D eigenvalue weighted by atomic mass is 16.6. The van der Waals surface area contributed by atoms with Crippen LogP contribution in [0.25, 0.3) is 0 Å². The first kappa shape index (κ1) is 55.5. The van der Waals surface area contributed by atoms with Crippen LogP contribution in [0.1, 0.15) is 213 Å². The van der Waals surface area contributed by atoms with E-state index < -0.39 is 18.1 Å².